The van der Waals surface area contributed by atoms with E-state index in [1.54, 1.807) is 7.11 Å². The molecule has 2 atom stereocenters. The first-order valence-corrected chi connectivity index (χ1v) is 6.84. The van der Waals surface area contributed by atoms with Gasteiger partial charge in [-0.3, -0.25) is 0 Å². The van der Waals surface area contributed by atoms with Gasteiger partial charge in [0.2, 0.25) is 0 Å². The molecule has 1 aliphatic rings. The third-order valence-electron chi connectivity index (χ3n) is 3.02. The number of hydrogen-bond donors (Lipinski definition) is 1. The Hall–Kier alpha value is -0.780. The summed E-state index contributed by atoms with van der Waals surface area (Å²) in [6.45, 7) is 1.14. The Labute approximate surface area is 116 Å². The molecule has 5 heteroatoms. The lowest BCUT2D eigenvalue weighted by Gasteiger charge is -2.14. The molecule has 0 amide bonds. The Morgan fingerprint density at radius 3 is 2.78 bits per heavy atom. The van der Waals surface area contributed by atoms with Crippen molar-refractivity contribution in [2.24, 2.45) is 5.73 Å². The fourth-order valence-electron chi connectivity index (χ4n) is 1.98. The van der Waals surface area contributed by atoms with Crippen LogP contribution in [-0.4, -0.2) is 32.5 Å². The first-order valence-electron chi connectivity index (χ1n) is 6.04. The molecule has 1 aromatic carbocycles. The van der Waals surface area contributed by atoms with Gasteiger partial charge in [-0.15, -0.1) is 0 Å². The van der Waals surface area contributed by atoms with E-state index in [-0.39, 0.29) is 12.2 Å². The lowest BCUT2D eigenvalue weighted by molar-refractivity contribution is 0.0220. The SMILES string of the molecule is COc1ccc(OCC2CCC(CN)O2)c(Br)c1. The van der Waals surface area contributed by atoms with Crippen LogP contribution in [0, 0.1) is 0 Å². The molecule has 1 aromatic rings. The fraction of sp³-hybridized carbons (Fsp3) is 0.538. The Kier molecular flexibility index (Phi) is 4.86. The van der Waals surface area contributed by atoms with Crippen LogP contribution in [0.1, 0.15) is 12.8 Å². The minimum absolute atomic E-state index is 0.146. The van der Waals surface area contributed by atoms with E-state index >= 15 is 0 Å². The summed E-state index contributed by atoms with van der Waals surface area (Å²) in [5.74, 6) is 1.60. The summed E-state index contributed by atoms with van der Waals surface area (Å²) >= 11 is 3.46. The van der Waals surface area contributed by atoms with Crippen molar-refractivity contribution in [1.29, 1.82) is 0 Å². The lowest BCUT2D eigenvalue weighted by Crippen LogP contribution is -2.23. The minimum Gasteiger partial charge on any atom is -0.497 e. The first-order chi connectivity index (χ1) is 8.72. The third-order valence-corrected chi connectivity index (χ3v) is 3.64. The van der Waals surface area contributed by atoms with Gasteiger partial charge in [0.05, 0.1) is 23.8 Å². The molecule has 1 fully saturated rings. The van der Waals surface area contributed by atoms with Gasteiger partial charge in [0, 0.05) is 6.54 Å². The van der Waals surface area contributed by atoms with Gasteiger partial charge in [-0.05, 0) is 47.0 Å². The van der Waals surface area contributed by atoms with Gasteiger partial charge in [0.1, 0.15) is 18.1 Å². The van der Waals surface area contributed by atoms with Crippen molar-refractivity contribution in [2.45, 2.75) is 25.0 Å². The average molecular weight is 316 g/mol. The van der Waals surface area contributed by atoms with Gasteiger partial charge in [0.25, 0.3) is 0 Å². The smallest absolute Gasteiger partial charge is 0.133 e. The number of ether oxygens (including phenoxy) is 3. The summed E-state index contributed by atoms with van der Waals surface area (Å²) in [5.41, 5.74) is 5.57. The van der Waals surface area contributed by atoms with E-state index in [0.29, 0.717) is 13.2 Å². The van der Waals surface area contributed by atoms with Gasteiger partial charge in [-0.1, -0.05) is 0 Å². The van der Waals surface area contributed by atoms with Crippen LogP contribution in [0.4, 0.5) is 0 Å². The van der Waals surface area contributed by atoms with Crippen molar-refractivity contribution in [2.75, 3.05) is 20.3 Å². The lowest BCUT2D eigenvalue weighted by atomic mass is 10.2. The van der Waals surface area contributed by atoms with Crippen molar-refractivity contribution in [3.05, 3.63) is 22.7 Å². The van der Waals surface area contributed by atoms with Gasteiger partial charge < -0.3 is 19.9 Å². The summed E-state index contributed by atoms with van der Waals surface area (Å²) < 4.78 is 17.5. The second-order valence-electron chi connectivity index (χ2n) is 4.30. The van der Waals surface area contributed by atoms with E-state index < -0.39 is 0 Å². The number of methoxy groups -OCH3 is 1. The standard InChI is InChI=1S/C13H18BrNO3/c1-16-9-4-5-13(12(14)6-9)17-8-11-3-2-10(7-15)18-11/h4-6,10-11H,2-3,7-8,15H2,1H3. The molecule has 0 saturated carbocycles. The fourth-order valence-corrected chi connectivity index (χ4v) is 2.46. The highest BCUT2D eigenvalue weighted by Crippen LogP contribution is 2.30. The van der Waals surface area contributed by atoms with Crippen molar-refractivity contribution < 1.29 is 14.2 Å². The van der Waals surface area contributed by atoms with Crippen LogP contribution in [0.3, 0.4) is 0 Å². The molecule has 0 spiro atoms. The minimum atomic E-state index is 0.146. The van der Waals surface area contributed by atoms with Gasteiger partial charge in [-0.2, -0.15) is 0 Å². The Morgan fingerprint density at radius 1 is 1.39 bits per heavy atom. The quantitative estimate of drug-likeness (QED) is 0.906. The second-order valence-corrected chi connectivity index (χ2v) is 5.15. The summed E-state index contributed by atoms with van der Waals surface area (Å²) in [5, 5.41) is 0. The van der Waals surface area contributed by atoms with Crippen molar-refractivity contribution in [3.63, 3.8) is 0 Å². The molecule has 4 nitrogen and oxygen atoms in total. The molecule has 1 saturated heterocycles. The molecular weight excluding hydrogens is 298 g/mol. The predicted octanol–water partition coefficient (Wildman–Crippen LogP) is 2.34. The summed E-state index contributed by atoms with van der Waals surface area (Å²) in [7, 11) is 1.64. The van der Waals surface area contributed by atoms with Crippen LogP contribution in [0.15, 0.2) is 22.7 Å². The van der Waals surface area contributed by atoms with Crippen LogP contribution < -0.4 is 15.2 Å². The maximum absolute atomic E-state index is 5.74. The highest BCUT2D eigenvalue weighted by Gasteiger charge is 2.24. The second kappa shape index (κ2) is 6.41. The van der Waals surface area contributed by atoms with E-state index in [0.717, 1.165) is 28.8 Å². The zero-order chi connectivity index (χ0) is 13.0. The molecule has 100 valence electrons. The van der Waals surface area contributed by atoms with Gasteiger partial charge >= 0.3 is 0 Å². The molecule has 2 rings (SSSR count). The predicted molar refractivity (Wildman–Crippen MR) is 73.1 cm³/mol. The number of benzene rings is 1. The molecular formula is C13H18BrNO3. The maximum atomic E-state index is 5.74. The number of halogens is 1. The molecule has 1 heterocycles. The van der Waals surface area contributed by atoms with Crippen LogP contribution in [0.5, 0.6) is 11.5 Å². The van der Waals surface area contributed by atoms with Crippen molar-refractivity contribution in [1.82, 2.24) is 0 Å². The van der Waals surface area contributed by atoms with E-state index in [4.69, 9.17) is 19.9 Å². The molecule has 1 aliphatic heterocycles. The normalized spacial score (nSPS) is 23.1. The summed E-state index contributed by atoms with van der Waals surface area (Å²) in [6.07, 6.45) is 2.37. The van der Waals surface area contributed by atoms with E-state index in [1.807, 2.05) is 18.2 Å². The van der Waals surface area contributed by atoms with E-state index in [2.05, 4.69) is 15.9 Å². The van der Waals surface area contributed by atoms with Crippen LogP contribution in [0.2, 0.25) is 0 Å². The molecule has 2 N–H and O–H groups in total. The van der Waals surface area contributed by atoms with E-state index in [1.165, 1.54) is 0 Å². The van der Waals surface area contributed by atoms with Crippen LogP contribution >= 0.6 is 15.9 Å². The highest BCUT2D eigenvalue weighted by atomic mass is 79.9. The van der Waals surface area contributed by atoms with Crippen LogP contribution in [0.25, 0.3) is 0 Å². The maximum Gasteiger partial charge on any atom is 0.133 e. The van der Waals surface area contributed by atoms with Gasteiger partial charge in [0.15, 0.2) is 0 Å². The zero-order valence-corrected chi connectivity index (χ0v) is 12.0. The molecule has 2 unspecified atom stereocenters. The van der Waals surface area contributed by atoms with E-state index in [9.17, 15) is 0 Å². The zero-order valence-electron chi connectivity index (χ0n) is 10.4. The molecule has 18 heavy (non-hydrogen) atoms. The monoisotopic (exact) mass is 315 g/mol. The number of rotatable bonds is 5. The Balaban J connectivity index is 1.87. The average Bonchev–Trinajstić information content (AvgIpc) is 2.85. The summed E-state index contributed by atoms with van der Waals surface area (Å²) in [4.78, 5) is 0. The van der Waals surface area contributed by atoms with Crippen LogP contribution in [-0.2, 0) is 4.74 Å². The van der Waals surface area contributed by atoms with Crippen molar-refractivity contribution >= 4 is 15.9 Å². The largest absolute Gasteiger partial charge is 0.497 e. The third kappa shape index (κ3) is 3.37. The van der Waals surface area contributed by atoms with Gasteiger partial charge in [-0.25, -0.2) is 0 Å². The Morgan fingerprint density at radius 2 is 2.17 bits per heavy atom. The molecule has 0 bridgehead atoms. The highest BCUT2D eigenvalue weighted by molar-refractivity contribution is 9.10. The first kappa shape index (κ1) is 13.6. The number of hydrogen-bond acceptors (Lipinski definition) is 4. The van der Waals surface area contributed by atoms with Crippen molar-refractivity contribution in [3.8, 4) is 11.5 Å². The summed E-state index contributed by atoms with van der Waals surface area (Å²) in [6, 6.07) is 5.64. The topological polar surface area (TPSA) is 53.7 Å². The molecule has 0 radical (unpaired) electrons. The number of nitrogens with two attached hydrogens (primary N) is 1. The molecule has 0 aliphatic carbocycles. The molecule has 0 aromatic heterocycles. The Bertz CT molecular complexity index is 400.